The number of ether oxygens (including phenoxy) is 4. The number of benzene rings is 3. The predicted octanol–water partition coefficient (Wildman–Crippen LogP) is 4.78. The molecule has 41 heavy (non-hydrogen) atoms. The van der Waals surface area contributed by atoms with Crippen LogP contribution in [0.5, 0.6) is 23.1 Å². The highest BCUT2D eigenvalue weighted by Crippen LogP contribution is 2.34. The fourth-order valence-corrected chi connectivity index (χ4v) is 5.73. The second-order valence-corrected chi connectivity index (χ2v) is 10.9. The van der Waals surface area contributed by atoms with Crippen molar-refractivity contribution in [3.63, 3.8) is 0 Å². The van der Waals surface area contributed by atoms with Crippen molar-refractivity contribution in [1.82, 2.24) is 9.55 Å². The van der Waals surface area contributed by atoms with Gasteiger partial charge in [-0.15, -0.1) is 0 Å². The van der Waals surface area contributed by atoms with Crippen molar-refractivity contribution in [2.24, 2.45) is 0 Å². The van der Waals surface area contributed by atoms with E-state index in [1.54, 1.807) is 42.5 Å². The summed E-state index contributed by atoms with van der Waals surface area (Å²) in [5.74, 6) is 0.468. The van der Waals surface area contributed by atoms with E-state index < -0.39 is 26.2 Å². The number of para-hydroxylation sites is 1. The Hall–Kier alpha value is -4.35. The van der Waals surface area contributed by atoms with Crippen molar-refractivity contribution in [3.8, 4) is 39.9 Å². The summed E-state index contributed by atoms with van der Waals surface area (Å²) >= 11 is 0. The first-order chi connectivity index (χ1) is 19.8. The summed E-state index contributed by atoms with van der Waals surface area (Å²) < 4.78 is 50.2. The summed E-state index contributed by atoms with van der Waals surface area (Å²) in [4.78, 5) is 17.2. The molecule has 0 fully saturated rings. The largest absolute Gasteiger partial charge is 0.494 e. The van der Waals surface area contributed by atoms with Gasteiger partial charge in [0, 0.05) is 13.5 Å². The third-order valence-corrected chi connectivity index (χ3v) is 8.20. The number of aromatic nitrogens is 2. The molecule has 1 N–H and O–H groups in total. The van der Waals surface area contributed by atoms with Gasteiger partial charge in [-0.2, -0.15) is 4.98 Å². The summed E-state index contributed by atoms with van der Waals surface area (Å²) in [6.07, 6.45) is 1.74. The lowest BCUT2D eigenvalue weighted by molar-refractivity contribution is 0.0511. The topological polar surface area (TPSA) is 126 Å². The Kier molecular flexibility index (Phi) is 9.31. The van der Waals surface area contributed by atoms with E-state index >= 15 is 0 Å². The van der Waals surface area contributed by atoms with Crippen LogP contribution >= 0.6 is 0 Å². The number of aryl methyl sites for hydroxylation is 1. The average Bonchev–Trinajstić information content (AvgIpc) is 2.98. The van der Waals surface area contributed by atoms with Gasteiger partial charge in [0.25, 0.3) is 5.56 Å². The van der Waals surface area contributed by atoms with Gasteiger partial charge in [0.15, 0.2) is 11.7 Å². The fourth-order valence-electron chi connectivity index (χ4n) is 4.39. The molecule has 0 saturated carbocycles. The summed E-state index contributed by atoms with van der Waals surface area (Å²) in [6.45, 7) is 2.06. The molecule has 1 heterocycles. The SMILES string of the molecule is CCCCc1nc(O)c(S(=O)(=O)c2ccc(-c3cccc(OCOC)c3)cc2)c(=O)n1-c1c(OC)cccc1OC. The quantitative estimate of drug-likeness (QED) is 0.236. The fraction of sp³-hybridized carbons (Fsp3) is 0.267. The van der Waals surface area contributed by atoms with E-state index in [1.807, 2.05) is 19.1 Å². The van der Waals surface area contributed by atoms with Crippen LogP contribution in [0.2, 0.25) is 0 Å². The minimum absolute atomic E-state index is 0.0909. The lowest BCUT2D eigenvalue weighted by Gasteiger charge is -2.19. The molecule has 0 atom stereocenters. The molecule has 0 aliphatic carbocycles. The molecule has 3 aromatic carbocycles. The second-order valence-electron chi connectivity index (χ2n) is 9.04. The molecule has 0 aliphatic heterocycles. The van der Waals surface area contributed by atoms with E-state index in [2.05, 4.69) is 4.98 Å². The minimum Gasteiger partial charge on any atom is -0.494 e. The zero-order valence-corrected chi connectivity index (χ0v) is 24.1. The lowest BCUT2D eigenvalue weighted by Crippen LogP contribution is -2.29. The summed E-state index contributed by atoms with van der Waals surface area (Å²) in [7, 11) is -0.106. The maximum atomic E-state index is 14.0. The van der Waals surface area contributed by atoms with Gasteiger partial charge in [0.05, 0.1) is 19.1 Å². The molecule has 0 bridgehead atoms. The number of unbranched alkanes of at least 4 members (excludes halogenated alkanes) is 1. The monoisotopic (exact) mass is 580 g/mol. The van der Waals surface area contributed by atoms with Gasteiger partial charge in [-0.3, -0.25) is 9.36 Å². The Bertz CT molecular complexity index is 1660. The van der Waals surface area contributed by atoms with Crippen LogP contribution in [0.4, 0.5) is 0 Å². The summed E-state index contributed by atoms with van der Waals surface area (Å²) in [5.41, 5.74) is 0.750. The van der Waals surface area contributed by atoms with Gasteiger partial charge >= 0.3 is 0 Å². The lowest BCUT2D eigenvalue weighted by atomic mass is 10.1. The van der Waals surface area contributed by atoms with Crippen molar-refractivity contribution >= 4 is 9.84 Å². The van der Waals surface area contributed by atoms with E-state index in [9.17, 15) is 18.3 Å². The summed E-state index contributed by atoms with van der Waals surface area (Å²) in [5, 5.41) is 10.8. The Labute approximate surface area is 238 Å². The second kappa shape index (κ2) is 12.9. The molecular formula is C30H32N2O8S. The molecule has 0 amide bonds. The first-order valence-electron chi connectivity index (χ1n) is 12.9. The normalized spacial score (nSPS) is 11.3. The van der Waals surface area contributed by atoms with E-state index in [0.717, 1.165) is 22.1 Å². The van der Waals surface area contributed by atoms with E-state index in [4.69, 9.17) is 18.9 Å². The van der Waals surface area contributed by atoms with Crippen LogP contribution in [0.15, 0.2) is 81.3 Å². The Morgan fingerprint density at radius 3 is 2.17 bits per heavy atom. The molecule has 0 radical (unpaired) electrons. The molecule has 0 spiro atoms. The Morgan fingerprint density at radius 1 is 0.902 bits per heavy atom. The number of hydrogen-bond donors (Lipinski definition) is 1. The van der Waals surface area contributed by atoms with Crippen LogP contribution in [0.3, 0.4) is 0 Å². The molecule has 0 aliphatic rings. The molecule has 0 saturated heterocycles. The molecule has 0 unspecified atom stereocenters. The Morgan fingerprint density at radius 2 is 1.56 bits per heavy atom. The highest BCUT2D eigenvalue weighted by Gasteiger charge is 2.31. The van der Waals surface area contributed by atoms with Crippen LogP contribution in [-0.2, 0) is 21.0 Å². The minimum atomic E-state index is -4.50. The maximum absolute atomic E-state index is 14.0. The molecule has 1 aromatic heterocycles. The van der Waals surface area contributed by atoms with Crippen LogP contribution < -0.4 is 19.8 Å². The first kappa shape index (κ1) is 29.6. The molecular weight excluding hydrogens is 548 g/mol. The van der Waals surface area contributed by atoms with Gasteiger partial charge < -0.3 is 24.1 Å². The van der Waals surface area contributed by atoms with Gasteiger partial charge in [0.1, 0.15) is 28.8 Å². The van der Waals surface area contributed by atoms with E-state index in [1.165, 1.54) is 33.5 Å². The number of nitrogens with zero attached hydrogens (tertiary/aromatic N) is 2. The Balaban J connectivity index is 1.85. The first-order valence-corrected chi connectivity index (χ1v) is 14.4. The summed E-state index contributed by atoms with van der Waals surface area (Å²) in [6, 6.07) is 18.2. The maximum Gasteiger partial charge on any atom is 0.281 e. The molecule has 4 rings (SSSR count). The highest BCUT2D eigenvalue weighted by molar-refractivity contribution is 7.91. The van der Waals surface area contributed by atoms with Crippen LogP contribution in [0.1, 0.15) is 25.6 Å². The zero-order valence-electron chi connectivity index (χ0n) is 23.3. The smallest absolute Gasteiger partial charge is 0.281 e. The van der Waals surface area contributed by atoms with E-state index in [-0.39, 0.29) is 34.7 Å². The van der Waals surface area contributed by atoms with Crippen molar-refractivity contribution < 1.29 is 32.5 Å². The predicted molar refractivity (Wildman–Crippen MR) is 153 cm³/mol. The number of methoxy groups -OCH3 is 3. The number of hydrogen-bond acceptors (Lipinski definition) is 9. The van der Waals surface area contributed by atoms with Crippen LogP contribution in [-0.4, -0.2) is 51.2 Å². The van der Waals surface area contributed by atoms with Crippen LogP contribution in [0, 0.1) is 0 Å². The van der Waals surface area contributed by atoms with Gasteiger partial charge in [-0.05, 0) is 53.9 Å². The number of rotatable bonds is 12. The molecule has 11 heteroatoms. The average molecular weight is 581 g/mol. The van der Waals surface area contributed by atoms with Crippen molar-refractivity contribution in [2.45, 2.75) is 36.0 Å². The van der Waals surface area contributed by atoms with Crippen molar-refractivity contribution in [2.75, 3.05) is 28.1 Å². The van der Waals surface area contributed by atoms with Crippen LogP contribution in [0.25, 0.3) is 16.8 Å². The van der Waals surface area contributed by atoms with E-state index in [0.29, 0.717) is 18.6 Å². The third kappa shape index (κ3) is 6.06. The number of aromatic hydroxyl groups is 1. The van der Waals surface area contributed by atoms with Crippen molar-refractivity contribution in [3.05, 3.63) is 82.9 Å². The zero-order chi connectivity index (χ0) is 29.6. The molecule has 216 valence electrons. The van der Waals surface area contributed by atoms with Gasteiger partial charge in [-0.1, -0.05) is 43.7 Å². The van der Waals surface area contributed by atoms with Crippen molar-refractivity contribution in [1.29, 1.82) is 0 Å². The number of sulfone groups is 1. The standard InChI is InChI=1S/C30H32N2O8S/c1-5-6-13-26-31-29(33)28(30(34)32(26)27-24(38-3)11-8-12-25(27)39-4)41(35,36)23-16-14-20(15-17-23)21-9-7-10-22(18-21)40-19-37-2/h7-12,14-18,33H,5-6,13,19H2,1-4H3. The third-order valence-electron chi connectivity index (χ3n) is 6.42. The molecule has 10 nitrogen and oxygen atoms in total. The highest BCUT2D eigenvalue weighted by atomic mass is 32.2. The van der Waals surface area contributed by atoms with Gasteiger partial charge in [-0.25, -0.2) is 8.42 Å². The molecule has 4 aromatic rings. The van der Waals surface area contributed by atoms with Gasteiger partial charge in [0.2, 0.25) is 15.7 Å².